The molecule has 0 bridgehead atoms. The fourth-order valence-electron chi connectivity index (χ4n) is 3.48. The molecule has 6 heteroatoms. The van der Waals surface area contributed by atoms with Crippen molar-refractivity contribution in [3.63, 3.8) is 0 Å². The van der Waals surface area contributed by atoms with Crippen LogP contribution in [0, 0.1) is 0 Å². The monoisotopic (exact) mass is 392 g/mol. The molecule has 6 nitrogen and oxygen atoms in total. The highest BCUT2D eigenvalue weighted by atomic mass is 16.5. The van der Waals surface area contributed by atoms with E-state index in [0.29, 0.717) is 31.9 Å². The van der Waals surface area contributed by atoms with Crippen molar-refractivity contribution in [1.29, 1.82) is 0 Å². The summed E-state index contributed by atoms with van der Waals surface area (Å²) in [5.74, 6) is 1.50. The van der Waals surface area contributed by atoms with Gasteiger partial charge in [0.15, 0.2) is 0 Å². The number of hydrogen-bond acceptors (Lipinski definition) is 5. The Morgan fingerprint density at radius 3 is 2.76 bits per heavy atom. The van der Waals surface area contributed by atoms with Crippen LogP contribution >= 0.6 is 0 Å². The van der Waals surface area contributed by atoms with Crippen LogP contribution in [0.2, 0.25) is 0 Å². The van der Waals surface area contributed by atoms with E-state index in [1.165, 1.54) is 0 Å². The van der Waals surface area contributed by atoms with Crippen molar-refractivity contribution in [1.82, 2.24) is 9.88 Å². The molecule has 0 N–H and O–H groups in total. The van der Waals surface area contributed by atoms with Gasteiger partial charge in [0, 0.05) is 37.2 Å². The molecule has 1 amide bonds. The normalized spacial score (nSPS) is 16.2. The van der Waals surface area contributed by atoms with Crippen LogP contribution in [0.4, 0.5) is 0 Å². The molecule has 4 rings (SSSR count). The first-order valence-corrected chi connectivity index (χ1v) is 9.76. The van der Waals surface area contributed by atoms with E-state index in [9.17, 15) is 4.79 Å². The van der Waals surface area contributed by atoms with E-state index in [0.717, 1.165) is 28.8 Å². The Bertz CT molecular complexity index is 969. The lowest BCUT2D eigenvalue weighted by molar-refractivity contribution is 0.0772. The van der Waals surface area contributed by atoms with Crippen molar-refractivity contribution in [2.24, 2.45) is 0 Å². The number of benzene rings is 2. The SMILES string of the molecule is COCCOc1ccc(C(=O)N2CCC(Oc3cccc4cccnc34)C2)cc1. The highest BCUT2D eigenvalue weighted by Gasteiger charge is 2.28. The molecule has 1 aliphatic rings. The summed E-state index contributed by atoms with van der Waals surface area (Å²) in [6, 6.07) is 17.1. The number of fused-ring (bicyclic) bond motifs is 1. The number of nitrogens with zero attached hydrogens (tertiary/aromatic N) is 2. The smallest absolute Gasteiger partial charge is 0.253 e. The van der Waals surface area contributed by atoms with Crippen LogP contribution < -0.4 is 9.47 Å². The van der Waals surface area contributed by atoms with Crippen LogP contribution in [0.1, 0.15) is 16.8 Å². The number of rotatable bonds is 7. The van der Waals surface area contributed by atoms with Crippen molar-refractivity contribution in [2.45, 2.75) is 12.5 Å². The van der Waals surface area contributed by atoms with Gasteiger partial charge >= 0.3 is 0 Å². The van der Waals surface area contributed by atoms with Crippen molar-refractivity contribution >= 4 is 16.8 Å². The second kappa shape index (κ2) is 8.92. The number of amides is 1. The van der Waals surface area contributed by atoms with E-state index in [-0.39, 0.29) is 12.0 Å². The van der Waals surface area contributed by atoms with Gasteiger partial charge in [-0.1, -0.05) is 18.2 Å². The molecule has 0 radical (unpaired) electrons. The third-order valence-electron chi connectivity index (χ3n) is 4.98. The Hall–Kier alpha value is -3.12. The lowest BCUT2D eigenvalue weighted by Crippen LogP contribution is -2.30. The van der Waals surface area contributed by atoms with Crippen LogP contribution in [0.25, 0.3) is 10.9 Å². The quantitative estimate of drug-likeness (QED) is 0.576. The fraction of sp³-hybridized carbons (Fsp3) is 0.304. The third kappa shape index (κ3) is 4.49. The average molecular weight is 392 g/mol. The first-order chi connectivity index (χ1) is 14.2. The molecule has 3 aromatic rings. The lowest BCUT2D eigenvalue weighted by Gasteiger charge is -2.18. The van der Waals surface area contributed by atoms with E-state index in [2.05, 4.69) is 4.98 Å². The number of aromatic nitrogens is 1. The first kappa shape index (κ1) is 19.2. The first-order valence-electron chi connectivity index (χ1n) is 9.76. The van der Waals surface area contributed by atoms with E-state index >= 15 is 0 Å². The molecule has 2 heterocycles. The summed E-state index contributed by atoms with van der Waals surface area (Å²) in [6.07, 6.45) is 2.53. The minimum Gasteiger partial charge on any atom is -0.491 e. The van der Waals surface area contributed by atoms with Crippen LogP contribution in [0.15, 0.2) is 60.8 Å². The number of hydrogen-bond donors (Lipinski definition) is 0. The summed E-state index contributed by atoms with van der Waals surface area (Å²) < 4.78 is 16.7. The second-order valence-electron chi connectivity index (χ2n) is 6.98. The third-order valence-corrected chi connectivity index (χ3v) is 4.98. The number of ether oxygens (including phenoxy) is 3. The Morgan fingerprint density at radius 1 is 1.10 bits per heavy atom. The zero-order valence-electron chi connectivity index (χ0n) is 16.4. The Labute approximate surface area is 170 Å². The number of carbonyl (C=O) groups excluding carboxylic acids is 1. The number of likely N-dealkylation sites (tertiary alicyclic amines) is 1. The zero-order valence-corrected chi connectivity index (χ0v) is 16.4. The van der Waals surface area contributed by atoms with Crippen LogP contribution in [0.3, 0.4) is 0 Å². The standard InChI is InChI=1S/C23H24N2O4/c1-27-14-15-28-19-9-7-18(8-10-19)23(26)25-13-11-20(16-25)29-21-6-2-4-17-5-3-12-24-22(17)21/h2-10,12,20H,11,13-16H2,1H3. The van der Waals surface area contributed by atoms with Gasteiger partial charge in [-0.15, -0.1) is 0 Å². The molecule has 1 fully saturated rings. The van der Waals surface area contributed by atoms with E-state index in [4.69, 9.17) is 14.2 Å². The summed E-state index contributed by atoms with van der Waals surface area (Å²) in [4.78, 5) is 19.1. The van der Waals surface area contributed by atoms with Gasteiger partial charge in [0.05, 0.1) is 13.2 Å². The maximum atomic E-state index is 12.8. The largest absolute Gasteiger partial charge is 0.491 e. The summed E-state index contributed by atoms with van der Waals surface area (Å²) >= 11 is 0. The fourth-order valence-corrected chi connectivity index (χ4v) is 3.48. The van der Waals surface area contributed by atoms with Crippen molar-refractivity contribution in [3.8, 4) is 11.5 Å². The van der Waals surface area contributed by atoms with Gasteiger partial charge in [0.1, 0.15) is 29.7 Å². The Balaban J connectivity index is 1.37. The summed E-state index contributed by atoms with van der Waals surface area (Å²) in [7, 11) is 1.63. The predicted octanol–water partition coefficient (Wildman–Crippen LogP) is 3.55. The second-order valence-corrected chi connectivity index (χ2v) is 6.98. The molecule has 29 heavy (non-hydrogen) atoms. The molecule has 1 unspecified atom stereocenters. The maximum Gasteiger partial charge on any atom is 0.253 e. The van der Waals surface area contributed by atoms with Gasteiger partial charge in [0.25, 0.3) is 5.91 Å². The lowest BCUT2D eigenvalue weighted by atomic mass is 10.2. The summed E-state index contributed by atoms with van der Waals surface area (Å²) in [6.45, 7) is 2.25. The van der Waals surface area contributed by atoms with Crippen molar-refractivity contribution in [2.75, 3.05) is 33.4 Å². The molecule has 2 aromatic carbocycles. The Morgan fingerprint density at radius 2 is 1.93 bits per heavy atom. The summed E-state index contributed by atoms with van der Waals surface area (Å²) in [5, 5.41) is 1.05. The van der Waals surface area contributed by atoms with Crippen LogP contribution in [-0.4, -0.2) is 55.3 Å². The molecule has 1 atom stereocenters. The molecule has 0 saturated carbocycles. The van der Waals surface area contributed by atoms with Gasteiger partial charge in [-0.2, -0.15) is 0 Å². The van der Waals surface area contributed by atoms with Gasteiger partial charge < -0.3 is 19.1 Å². The minimum atomic E-state index is -0.0387. The molecule has 1 aliphatic heterocycles. The van der Waals surface area contributed by atoms with Crippen molar-refractivity contribution in [3.05, 3.63) is 66.4 Å². The van der Waals surface area contributed by atoms with Crippen LogP contribution in [0.5, 0.6) is 11.5 Å². The molecule has 150 valence electrons. The molecular weight excluding hydrogens is 368 g/mol. The van der Waals surface area contributed by atoms with Gasteiger partial charge in [-0.25, -0.2) is 0 Å². The molecule has 1 saturated heterocycles. The number of para-hydroxylation sites is 1. The maximum absolute atomic E-state index is 12.8. The molecule has 0 aliphatic carbocycles. The number of carbonyl (C=O) groups is 1. The van der Waals surface area contributed by atoms with Crippen molar-refractivity contribution < 1.29 is 19.0 Å². The van der Waals surface area contributed by atoms with E-state index in [1.54, 1.807) is 25.4 Å². The molecular formula is C23H24N2O4. The minimum absolute atomic E-state index is 0.00980. The Kier molecular flexibility index (Phi) is 5.91. The summed E-state index contributed by atoms with van der Waals surface area (Å²) in [5.41, 5.74) is 1.50. The van der Waals surface area contributed by atoms with Crippen LogP contribution in [-0.2, 0) is 4.74 Å². The van der Waals surface area contributed by atoms with E-state index < -0.39 is 0 Å². The van der Waals surface area contributed by atoms with Gasteiger partial charge in [-0.3, -0.25) is 9.78 Å². The zero-order chi connectivity index (χ0) is 20.1. The van der Waals surface area contributed by atoms with E-state index in [1.807, 2.05) is 47.4 Å². The number of pyridine rings is 1. The highest BCUT2D eigenvalue weighted by Crippen LogP contribution is 2.26. The highest BCUT2D eigenvalue weighted by molar-refractivity contribution is 5.94. The average Bonchev–Trinajstić information content (AvgIpc) is 3.23. The molecule has 1 aromatic heterocycles. The number of methoxy groups -OCH3 is 1. The molecule has 0 spiro atoms. The predicted molar refractivity (Wildman–Crippen MR) is 110 cm³/mol. The van der Waals surface area contributed by atoms with Gasteiger partial charge in [-0.05, 0) is 36.4 Å². The topological polar surface area (TPSA) is 60.9 Å². The van der Waals surface area contributed by atoms with Gasteiger partial charge in [0.2, 0.25) is 0 Å².